The highest BCUT2D eigenvalue weighted by Gasteiger charge is 2.36. The highest BCUT2D eigenvalue weighted by atomic mass is 16.2. The van der Waals surface area contributed by atoms with Crippen molar-refractivity contribution in [2.24, 2.45) is 17.4 Å². The predicted molar refractivity (Wildman–Crippen MR) is 106 cm³/mol. The van der Waals surface area contributed by atoms with E-state index in [1.165, 1.54) is 0 Å². The number of benzene rings is 1. The minimum absolute atomic E-state index is 0.0392. The lowest BCUT2D eigenvalue weighted by atomic mass is 9.86. The van der Waals surface area contributed by atoms with Crippen molar-refractivity contribution in [3.05, 3.63) is 35.9 Å². The van der Waals surface area contributed by atoms with Gasteiger partial charge in [-0.15, -0.1) is 0 Å². The summed E-state index contributed by atoms with van der Waals surface area (Å²) in [5.74, 6) is 0.336. The van der Waals surface area contributed by atoms with Gasteiger partial charge in [0, 0.05) is 19.1 Å². The molecule has 1 saturated heterocycles. The van der Waals surface area contributed by atoms with Crippen molar-refractivity contribution in [1.82, 2.24) is 10.2 Å². The molecule has 2 aliphatic rings. The summed E-state index contributed by atoms with van der Waals surface area (Å²) in [6.07, 6.45) is 6.25. The van der Waals surface area contributed by atoms with Crippen LogP contribution in [-0.2, 0) is 16.0 Å². The van der Waals surface area contributed by atoms with Gasteiger partial charge in [-0.2, -0.15) is 0 Å². The van der Waals surface area contributed by atoms with Crippen LogP contribution < -0.4 is 16.8 Å². The highest BCUT2D eigenvalue weighted by Crippen LogP contribution is 2.23. The van der Waals surface area contributed by atoms with Gasteiger partial charge in [0.25, 0.3) is 0 Å². The Kier molecular flexibility index (Phi) is 6.85. The summed E-state index contributed by atoms with van der Waals surface area (Å²) >= 11 is 0. The van der Waals surface area contributed by atoms with Crippen LogP contribution in [0.5, 0.6) is 0 Å². The summed E-state index contributed by atoms with van der Waals surface area (Å²) in [5, 5.41) is 3.07. The number of hydrogen-bond acceptors (Lipinski definition) is 4. The Bertz CT molecular complexity index is 628. The van der Waals surface area contributed by atoms with Gasteiger partial charge < -0.3 is 21.7 Å². The zero-order chi connectivity index (χ0) is 19.2. The Morgan fingerprint density at radius 2 is 1.81 bits per heavy atom. The molecule has 148 valence electrons. The van der Waals surface area contributed by atoms with Crippen molar-refractivity contribution in [3.63, 3.8) is 0 Å². The van der Waals surface area contributed by atoms with Crippen LogP contribution in [0, 0.1) is 5.92 Å². The van der Waals surface area contributed by atoms with E-state index in [-0.39, 0.29) is 17.9 Å². The quantitative estimate of drug-likeness (QED) is 0.698. The third-order valence-corrected chi connectivity index (χ3v) is 5.91. The number of nitrogens with zero attached hydrogens (tertiary/aromatic N) is 1. The molecule has 1 saturated carbocycles. The number of nitrogens with one attached hydrogen (secondary N) is 1. The van der Waals surface area contributed by atoms with Crippen molar-refractivity contribution in [3.8, 4) is 0 Å². The number of carbonyl (C=O) groups is 2. The van der Waals surface area contributed by atoms with E-state index in [9.17, 15) is 9.59 Å². The Balaban J connectivity index is 1.51. The van der Waals surface area contributed by atoms with Gasteiger partial charge in [-0.25, -0.2) is 0 Å². The SMILES string of the molecule is N[C@H](Cc1ccccc1)C(=O)N1CCC[C@H]1C(=O)NC[C@H]1CC[C@H](N)CC1. The molecule has 1 aromatic rings. The molecule has 0 spiro atoms. The van der Waals surface area contributed by atoms with Crippen molar-refractivity contribution in [2.75, 3.05) is 13.1 Å². The van der Waals surface area contributed by atoms with Gasteiger partial charge in [0.05, 0.1) is 6.04 Å². The summed E-state index contributed by atoms with van der Waals surface area (Å²) in [7, 11) is 0. The van der Waals surface area contributed by atoms with E-state index >= 15 is 0 Å². The zero-order valence-corrected chi connectivity index (χ0v) is 16.0. The van der Waals surface area contributed by atoms with E-state index in [0.717, 1.165) is 37.7 Å². The summed E-state index contributed by atoms with van der Waals surface area (Å²) in [6, 6.07) is 9.08. The van der Waals surface area contributed by atoms with E-state index in [2.05, 4.69) is 5.32 Å². The predicted octanol–water partition coefficient (Wildman–Crippen LogP) is 1.18. The maximum atomic E-state index is 12.8. The molecule has 2 atom stereocenters. The number of carbonyl (C=O) groups excluding carboxylic acids is 2. The summed E-state index contributed by atoms with van der Waals surface area (Å²) in [5.41, 5.74) is 13.1. The topological polar surface area (TPSA) is 101 Å². The zero-order valence-electron chi connectivity index (χ0n) is 16.0. The normalized spacial score (nSPS) is 26.6. The second-order valence-electron chi connectivity index (χ2n) is 8.01. The Morgan fingerprint density at radius 3 is 2.52 bits per heavy atom. The third kappa shape index (κ3) is 5.30. The molecule has 2 fully saturated rings. The van der Waals surface area contributed by atoms with E-state index in [1.54, 1.807) is 4.90 Å². The summed E-state index contributed by atoms with van der Waals surface area (Å²) in [6.45, 7) is 1.29. The first kappa shape index (κ1) is 19.8. The van der Waals surface area contributed by atoms with Gasteiger partial charge in [0.1, 0.15) is 6.04 Å². The third-order valence-electron chi connectivity index (χ3n) is 5.91. The molecule has 6 nitrogen and oxygen atoms in total. The highest BCUT2D eigenvalue weighted by molar-refractivity contribution is 5.90. The molecule has 0 bridgehead atoms. The molecule has 0 unspecified atom stereocenters. The standard InChI is InChI=1S/C21H32N4O2/c22-17-10-8-16(9-11-17)14-24-20(26)19-7-4-12-25(19)21(27)18(23)13-15-5-2-1-3-6-15/h1-3,5-6,16-19H,4,7-14,22-23H2,(H,24,26)/t16-,17-,18-,19+/m1/s1. The van der Waals surface area contributed by atoms with E-state index < -0.39 is 6.04 Å². The van der Waals surface area contributed by atoms with Gasteiger partial charge in [-0.3, -0.25) is 9.59 Å². The monoisotopic (exact) mass is 372 g/mol. The van der Waals surface area contributed by atoms with Crippen LogP contribution in [0.15, 0.2) is 30.3 Å². The first-order chi connectivity index (χ1) is 13.0. The van der Waals surface area contributed by atoms with Gasteiger partial charge in [-0.1, -0.05) is 30.3 Å². The molecule has 0 radical (unpaired) electrons. The first-order valence-electron chi connectivity index (χ1n) is 10.2. The van der Waals surface area contributed by atoms with Crippen LogP contribution >= 0.6 is 0 Å². The maximum absolute atomic E-state index is 12.8. The Hall–Kier alpha value is -1.92. The fourth-order valence-electron chi connectivity index (χ4n) is 4.23. The molecule has 0 aromatic heterocycles. The second kappa shape index (κ2) is 9.33. The molecule has 2 amide bonds. The van der Waals surface area contributed by atoms with Gasteiger partial charge in [0.15, 0.2) is 0 Å². The minimum Gasteiger partial charge on any atom is -0.354 e. The summed E-state index contributed by atoms with van der Waals surface area (Å²) < 4.78 is 0. The number of nitrogens with two attached hydrogens (primary N) is 2. The maximum Gasteiger partial charge on any atom is 0.242 e. The minimum atomic E-state index is -0.611. The van der Waals surface area contributed by atoms with Crippen LogP contribution in [-0.4, -0.2) is 47.9 Å². The molecule has 1 heterocycles. The molecular formula is C21H32N4O2. The second-order valence-corrected chi connectivity index (χ2v) is 8.01. The first-order valence-corrected chi connectivity index (χ1v) is 10.2. The average Bonchev–Trinajstić information content (AvgIpc) is 3.17. The van der Waals surface area contributed by atoms with Gasteiger partial charge in [0.2, 0.25) is 11.8 Å². The lowest BCUT2D eigenvalue weighted by molar-refractivity contribution is -0.139. The lowest BCUT2D eigenvalue weighted by Crippen LogP contribution is -2.52. The number of rotatable bonds is 6. The van der Waals surface area contributed by atoms with E-state index in [0.29, 0.717) is 37.9 Å². The number of likely N-dealkylation sites (tertiary alicyclic amines) is 1. The van der Waals surface area contributed by atoms with Crippen LogP contribution in [0.2, 0.25) is 0 Å². The number of amides is 2. The van der Waals surface area contributed by atoms with Crippen molar-refractivity contribution in [2.45, 2.75) is 63.1 Å². The van der Waals surface area contributed by atoms with Crippen molar-refractivity contribution >= 4 is 11.8 Å². The van der Waals surface area contributed by atoms with Crippen LogP contribution in [0.25, 0.3) is 0 Å². The molecule has 3 rings (SSSR count). The fourth-order valence-corrected chi connectivity index (χ4v) is 4.23. The lowest BCUT2D eigenvalue weighted by Gasteiger charge is -2.29. The van der Waals surface area contributed by atoms with Gasteiger partial charge >= 0.3 is 0 Å². The fraction of sp³-hybridized carbons (Fsp3) is 0.619. The van der Waals surface area contributed by atoms with Crippen LogP contribution in [0.3, 0.4) is 0 Å². The van der Waals surface area contributed by atoms with Crippen LogP contribution in [0.1, 0.15) is 44.1 Å². The molecule has 1 aliphatic heterocycles. The number of hydrogen-bond donors (Lipinski definition) is 3. The molecule has 1 aromatic carbocycles. The van der Waals surface area contributed by atoms with E-state index in [1.807, 2.05) is 30.3 Å². The molecule has 5 N–H and O–H groups in total. The molecular weight excluding hydrogens is 340 g/mol. The average molecular weight is 373 g/mol. The summed E-state index contributed by atoms with van der Waals surface area (Å²) in [4.78, 5) is 27.2. The van der Waals surface area contributed by atoms with Crippen molar-refractivity contribution in [1.29, 1.82) is 0 Å². The smallest absolute Gasteiger partial charge is 0.242 e. The van der Waals surface area contributed by atoms with Gasteiger partial charge in [-0.05, 0) is 56.4 Å². The Labute approximate surface area is 161 Å². The molecule has 6 heteroatoms. The largest absolute Gasteiger partial charge is 0.354 e. The van der Waals surface area contributed by atoms with Crippen LogP contribution in [0.4, 0.5) is 0 Å². The van der Waals surface area contributed by atoms with Crippen molar-refractivity contribution < 1.29 is 9.59 Å². The Morgan fingerprint density at radius 1 is 1.11 bits per heavy atom. The van der Waals surface area contributed by atoms with E-state index in [4.69, 9.17) is 11.5 Å². The molecule has 27 heavy (non-hydrogen) atoms. The molecule has 1 aliphatic carbocycles.